The number of nitrogens with zero attached hydrogens (tertiary/aromatic N) is 3. The van der Waals surface area contributed by atoms with E-state index in [1.807, 2.05) is 0 Å². The van der Waals surface area contributed by atoms with Crippen molar-refractivity contribution in [3.05, 3.63) is 11.7 Å². The van der Waals surface area contributed by atoms with Gasteiger partial charge < -0.3 is 9.84 Å². The molecule has 1 aromatic rings. The summed E-state index contributed by atoms with van der Waals surface area (Å²) in [6.07, 6.45) is 2.95. The summed E-state index contributed by atoms with van der Waals surface area (Å²) in [5, 5.41) is 15.7. The van der Waals surface area contributed by atoms with E-state index in [0.717, 1.165) is 19.4 Å². The maximum Gasteiger partial charge on any atom is 0.223 e. The molecule has 1 fully saturated rings. The largest absolute Gasteiger partial charge is 0.340 e. The van der Waals surface area contributed by atoms with Crippen LogP contribution in [-0.2, 0) is 6.54 Å². The fourth-order valence-electron chi connectivity index (χ4n) is 1.61. The first-order valence-electron chi connectivity index (χ1n) is 5.11. The lowest BCUT2D eigenvalue weighted by atomic mass is 10.0. The van der Waals surface area contributed by atoms with Crippen LogP contribution in [0.2, 0.25) is 0 Å². The van der Waals surface area contributed by atoms with Crippen molar-refractivity contribution in [2.75, 3.05) is 6.54 Å². The molecule has 1 aliphatic rings. The highest BCUT2D eigenvalue weighted by Crippen LogP contribution is 2.47. The molecule has 1 aliphatic carbocycles. The van der Waals surface area contributed by atoms with Crippen molar-refractivity contribution in [3.63, 3.8) is 0 Å². The van der Waals surface area contributed by atoms with Crippen LogP contribution in [0.5, 0.6) is 0 Å². The van der Waals surface area contributed by atoms with Gasteiger partial charge in [0.05, 0.1) is 12.6 Å². The highest BCUT2D eigenvalue weighted by atomic mass is 16.5. The maximum atomic E-state index is 8.64. The summed E-state index contributed by atoms with van der Waals surface area (Å²) in [4.78, 5) is 4.09. The SMILES string of the molecule is Cc1nc(CNCC2(CC#N)CC2)no1. The average Bonchev–Trinajstić information content (AvgIpc) is 2.83. The van der Waals surface area contributed by atoms with Crippen molar-refractivity contribution in [1.29, 1.82) is 5.26 Å². The molecule has 5 heteroatoms. The summed E-state index contributed by atoms with van der Waals surface area (Å²) in [5.41, 5.74) is 0.230. The zero-order valence-corrected chi connectivity index (χ0v) is 8.79. The second-order valence-corrected chi connectivity index (χ2v) is 4.17. The van der Waals surface area contributed by atoms with Gasteiger partial charge in [0, 0.05) is 19.9 Å². The molecular weight excluding hydrogens is 192 g/mol. The highest BCUT2D eigenvalue weighted by molar-refractivity contribution is 5.00. The quantitative estimate of drug-likeness (QED) is 0.782. The van der Waals surface area contributed by atoms with Crippen LogP contribution < -0.4 is 5.32 Å². The Hall–Kier alpha value is -1.41. The molecule has 0 unspecified atom stereocenters. The van der Waals surface area contributed by atoms with Crippen LogP contribution in [0.4, 0.5) is 0 Å². The van der Waals surface area contributed by atoms with Crippen LogP contribution in [0.1, 0.15) is 31.0 Å². The predicted molar refractivity (Wildman–Crippen MR) is 52.6 cm³/mol. The summed E-state index contributed by atoms with van der Waals surface area (Å²) >= 11 is 0. The first-order valence-corrected chi connectivity index (χ1v) is 5.11. The van der Waals surface area contributed by atoms with E-state index in [1.54, 1.807) is 6.92 Å². The lowest BCUT2D eigenvalue weighted by Crippen LogP contribution is -2.23. The molecular formula is C10H14N4O. The molecule has 5 nitrogen and oxygen atoms in total. The van der Waals surface area contributed by atoms with E-state index >= 15 is 0 Å². The normalized spacial score (nSPS) is 17.3. The third-order valence-electron chi connectivity index (χ3n) is 2.76. The van der Waals surface area contributed by atoms with E-state index in [0.29, 0.717) is 24.7 Å². The summed E-state index contributed by atoms with van der Waals surface area (Å²) < 4.78 is 4.86. The van der Waals surface area contributed by atoms with Gasteiger partial charge in [0.1, 0.15) is 0 Å². The molecule has 0 amide bonds. The lowest BCUT2D eigenvalue weighted by molar-refractivity contribution is 0.382. The Balaban J connectivity index is 1.74. The van der Waals surface area contributed by atoms with E-state index in [2.05, 4.69) is 21.5 Å². The van der Waals surface area contributed by atoms with Gasteiger partial charge in [0.15, 0.2) is 5.82 Å². The number of nitriles is 1. The second kappa shape index (κ2) is 3.99. The molecule has 0 atom stereocenters. The number of hydrogen-bond donors (Lipinski definition) is 1. The molecule has 0 radical (unpaired) electrons. The molecule has 0 aromatic carbocycles. The summed E-state index contributed by atoms with van der Waals surface area (Å²) in [6.45, 7) is 3.26. The van der Waals surface area contributed by atoms with E-state index in [-0.39, 0.29) is 5.41 Å². The zero-order valence-electron chi connectivity index (χ0n) is 8.79. The van der Waals surface area contributed by atoms with Crippen molar-refractivity contribution >= 4 is 0 Å². The predicted octanol–water partition coefficient (Wildman–Crippen LogP) is 1.16. The van der Waals surface area contributed by atoms with Crippen molar-refractivity contribution in [3.8, 4) is 6.07 Å². The molecule has 1 N–H and O–H groups in total. The molecule has 0 saturated heterocycles. The van der Waals surface area contributed by atoms with Gasteiger partial charge in [-0.2, -0.15) is 10.2 Å². The minimum atomic E-state index is 0.230. The van der Waals surface area contributed by atoms with E-state index in [9.17, 15) is 0 Å². The van der Waals surface area contributed by atoms with Crippen LogP contribution in [0.25, 0.3) is 0 Å². The molecule has 0 bridgehead atoms. The number of nitrogens with one attached hydrogen (secondary N) is 1. The minimum Gasteiger partial charge on any atom is -0.340 e. The van der Waals surface area contributed by atoms with Gasteiger partial charge in [-0.05, 0) is 18.3 Å². The average molecular weight is 206 g/mol. The number of hydrogen-bond acceptors (Lipinski definition) is 5. The Morgan fingerprint density at radius 1 is 1.60 bits per heavy atom. The van der Waals surface area contributed by atoms with Gasteiger partial charge in [-0.3, -0.25) is 0 Å². The molecule has 15 heavy (non-hydrogen) atoms. The van der Waals surface area contributed by atoms with Crippen molar-refractivity contribution in [1.82, 2.24) is 15.5 Å². The summed E-state index contributed by atoms with van der Waals surface area (Å²) in [5.74, 6) is 1.27. The molecule has 1 saturated carbocycles. The first kappa shape index (κ1) is 10.1. The Bertz CT molecular complexity index is 375. The lowest BCUT2D eigenvalue weighted by Gasteiger charge is -2.10. The summed E-state index contributed by atoms with van der Waals surface area (Å²) in [6, 6.07) is 2.23. The number of rotatable bonds is 5. The Labute approximate surface area is 88.5 Å². The minimum absolute atomic E-state index is 0.230. The maximum absolute atomic E-state index is 8.64. The summed E-state index contributed by atoms with van der Waals surface area (Å²) in [7, 11) is 0. The van der Waals surface area contributed by atoms with Gasteiger partial charge >= 0.3 is 0 Å². The first-order chi connectivity index (χ1) is 7.24. The standard InChI is InChI=1S/C10H14N4O/c1-8-13-9(14-15-8)6-12-7-10(2-3-10)4-5-11/h12H,2-4,6-7H2,1H3. The second-order valence-electron chi connectivity index (χ2n) is 4.17. The van der Waals surface area contributed by atoms with E-state index in [4.69, 9.17) is 9.78 Å². The van der Waals surface area contributed by atoms with Gasteiger partial charge in [-0.25, -0.2) is 0 Å². The van der Waals surface area contributed by atoms with Crippen LogP contribution in [0, 0.1) is 23.7 Å². The Morgan fingerprint density at radius 3 is 2.93 bits per heavy atom. The molecule has 1 heterocycles. The van der Waals surface area contributed by atoms with Gasteiger partial charge in [0.2, 0.25) is 5.89 Å². The molecule has 0 spiro atoms. The molecule has 2 rings (SSSR count). The van der Waals surface area contributed by atoms with Crippen LogP contribution in [-0.4, -0.2) is 16.7 Å². The van der Waals surface area contributed by atoms with E-state index in [1.165, 1.54) is 0 Å². The Morgan fingerprint density at radius 2 is 2.40 bits per heavy atom. The smallest absolute Gasteiger partial charge is 0.223 e. The monoisotopic (exact) mass is 206 g/mol. The zero-order chi connectivity index (χ0) is 10.7. The van der Waals surface area contributed by atoms with Gasteiger partial charge in [-0.15, -0.1) is 0 Å². The van der Waals surface area contributed by atoms with E-state index < -0.39 is 0 Å². The van der Waals surface area contributed by atoms with Crippen LogP contribution in [0.3, 0.4) is 0 Å². The van der Waals surface area contributed by atoms with Gasteiger partial charge in [0.25, 0.3) is 0 Å². The van der Waals surface area contributed by atoms with Crippen molar-refractivity contribution in [2.24, 2.45) is 5.41 Å². The van der Waals surface area contributed by atoms with Crippen LogP contribution in [0.15, 0.2) is 4.52 Å². The fourth-order valence-corrected chi connectivity index (χ4v) is 1.61. The fraction of sp³-hybridized carbons (Fsp3) is 0.700. The Kier molecular flexibility index (Phi) is 2.69. The molecule has 80 valence electrons. The molecule has 1 aromatic heterocycles. The topological polar surface area (TPSA) is 74.7 Å². The van der Waals surface area contributed by atoms with Crippen molar-refractivity contribution < 1.29 is 4.52 Å². The molecule has 0 aliphatic heterocycles. The van der Waals surface area contributed by atoms with Crippen molar-refractivity contribution in [2.45, 2.75) is 32.7 Å². The van der Waals surface area contributed by atoms with Crippen LogP contribution >= 0.6 is 0 Å². The third-order valence-corrected chi connectivity index (χ3v) is 2.76. The number of aryl methyl sites for hydroxylation is 1. The van der Waals surface area contributed by atoms with Gasteiger partial charge in [-0.1, -0.05) is 5.16 Å². The number of aromatic nitrogens is 2. The highest BCUT2D eigenvalue weighted by Gasteiger charge is 2.41. The third kappa shape index (κ3) is 2.54.